The number of hydrogen-bond donors (Lipinski definition) is 1. The SMILES string of the molecule is Clc1ccc2nsnc2c1NC1CCc2ccccc21. The molecule has 0 aliphatic heterocycles. The van der Waals surface area contributed by atoms with Crippen molar-refractivity contribution in [3.63, 3.8) is 0 Å². The highest BCUT2D eigenvalue weighted by atomic mass is 35.5. The van der Waals surface area contributed by atoms with Gasteiger partial charge in [0, 0.05) is 0 Å². The van der Waals surface area contributed by atoms with Crippen molar-refractivity contribution in [1.82, 2.24) is 8.75 Å². The monoisotopic (exact) mass is 301 g/mol. The van der Waals surface area contributed by atoms with Crippen molar-refractivity contribution in [2.75, 3.05) is 5.32 Å². The molecule has 3 nitrogen and oxygen atoms in total. The second-order valence-electron chi connectivity index (χ2n) is 4.99. The largest absolute Gasteiger partial charge is 0.375 e. The van der Waals surface area contributed by atoms with Crippen LogP contribution in [0.25, 0.3) is 11.0 Å². The summed E-state index contributed by atoms with van der Waals surface area (Å²) in [6.45, 7) is 0. The molecule has 3 aromatic rings. The van der Waals surface area contributed by atoms with Crippen molar-refractivity contribution in [3.8, 4) is 0 Å². The van der Waals surface area contributed by atoms with Crippen molar-refractivity contribution in [1.29, 1.82) is 0 Å². The standard InChI is InChI=1S/C15H12ClN3S/c16-11-6-8-13-15(19-20-18-13)14(11)17-12-7-5-9-3-1-2-4-10(9)12/h1-4,6,8,12,17H,5,7H2. The number of nitrogens with zero attached hydrogens (tertiary/aromatic N) is 2. The molecule has 1 aliphatic rings. The molecule has 1 N–H and O–H groups in total. The van der Waals surface area contributed by atoms with Crippen LogP contribution in [0, 0.1) is 0 Å². The van der Waals surface area contributed by atoms with Crippen LogP contribution < -0.4 is 5.32 Å². The maximum absolute atomic E-state index is 6.34. The van der Waals surface area contributed by atoms with Gasteiger partial charge in [-0.15, -0.1) is 0 Å². The van der Waals surface area contributed by atoms with Crippen LogP contribution in [0.2, 0.25) is 5.02 Å². The van der Waals surface area contributed by atoms with Crippen molar-refractivity contribution in [3.05, 3.63) is 52.5 Å². The van der Waals surface area contributed by atoms with Gasteiger partial charge in [0.15, 0.2) is 0 Å². The minimum atomic E-state index is 0.302. The molecular weight excluding hydrogens is 290 g/mol. The van der Waals surface area contributed by atoms with Crippen molar-refractivity contribution < 1.29 is 0 Å². The molecule has 1 aliphatic carbocycles. The molecule has 0 fully saturated rings. The number of benzene rings is 2. The third-order valence-corrected chi connectivity index (χ3v) is 4.69. The van der Waals surface area contributed by atoms with E-state index in [1.807, 2.05) is 12.1 Å². The summed E-state index contributed by atoms with van der Waals surface area (Å²) in [5.41, 5.74) is 5.45. The fourth-order valence-corrected chi connectivity index (χ4v) is 3.60. The Labute approximate surface area is 125 Å². The summed E-state index contributed by atoms with van der Waals surface area (Å²) in [6.07, 6.45) is 2.19. The van der Waals surface area contributed by atoms with Crippen LogP contribution in [0.4, 0.5) is 5.69 Å². The van der Waals surface area contributed by atoms with Crippen LogP contribution in [0.5, 0.6) is 0 Å². The zero-order valence-corrected chi connectivity index (χ0v) is 12.2. The van der Waals surface area contributed by atoms with Gasteiger partial charge in [0.1, 0.15) is 11.0 Å². The maximum atomic E-state index is 6.34. The Morgan fingerprint density at radius 1 is 1.15 bits per heavy atom. The average Bonchev–Trinajstić information content (AvgIpc) is 3.09. The summed E-state index contributed by atoms with van der Waals surface area (Å²) >= 11 is 7.56. The number of anilines is 1. The molecule has 4 rings (SSSR count). The van der Waals surface area contributed by atoms with E-state index in [2.05, 4.69) is 38.3 Å². The van der Waals surface area contributed by atoms with Gasteiger partial charge in [-0.1, -0.05) is 35.9 Å². The third-order valence-electron chi connectivity index (χ3n) is 3.83. The van der Waals surface area contributed by atoms with Gasteiger partial charge in [0.25, 0.3) is 0 Å². The van der Waals surface area contributed by atoms with E-state index in [1.165, 1.54) is 22.9 Å². The second-order valence-corrected chi connectivity index (χ2v) is 5.92. The lowest BCUT2D eigenvalue weighted by atomic mass is 10.1. The fraction of sp³-hybridized carbons (Fsp3) is 0.200. The molecule has 0 amide bonds. The zero-order valence-electron chi connectivity index (χ0n) is 10.6. The predicted octanol–water partition coefficient (Wildman–Crippen LogP) is 4.44. The Hall–Kier alpha value is -1.65. The van der Waals surface area contributed by atoms with E-state index in [4.69, 9.17) is 11.6 Å². The molecule has 0 bridgehead atoms. The molecule has 0 saturated carbocycles. The first kappa shape index (κ1) is 12.1. The molecule has 5 heteroatoms. The van der Waals surface area contributed by atoms with Crippen LogP contribution in [0.1, 0.15) is 23.6 Å². The van der Waals surface area contributed by atoms with Gasteiger partial charge in [-0.3, -0.25) is 0 Å². The van der Waals surface area contributed by atoms with E-state index < -0.39 is 0 Å². The lowest BCUT2D eigenvalue weighted by molar-refractivity contribution is 0.763. The van der Waals surface area contributed by atoms with Crippen LogP contribution in [0.15, 0.2) is 36.4 Å². The second kappa shape index (κ2) is 4.72. The Morgan fingerprint density at radius 2 is 2.05 bits per heavy atom. The summed E-state index contributed by atoms with van der Waals surface area (Å²) < 4.78 is 8.63. The highest BCUT2D eigenvalue weighted by Crippen LogP contribution is 2.38. The van der Waals surface area contributed by atoms with Crippen molar-refractivity contribution in [2.45, 2.75) is 18.9 Å². The first-order valence-corrected chi connectivity index (χ1v) is 7.69. The van der Waals surface area contributed by atoms with Crippen molar-refractivity contribution in [2.24, 2.45) is 0 Å². The normalized spacial score (nSPS) is 17.4. The van der Waals surface area contributed by atoms with Gasteiger partial charge >= 0.3 is 0 Å². The van der Waals surface area contributed by atoms with E-state index in [1.54, 1.807) is 0 Å². The highest BCUT2D eigenvalue weighted by molar-refractivity contribution is 7.00. The molecule has 0 radical (unpaired) electrons. The maximum Gasteiger partial charge on any atom is 0.129 e. The van der Waals surface area contributed by atoms with E-state index in [0.29, 0.717) is 11.1 Å². The lowest BCUT2D eigenvalue weighted by Gasteiger charge is -2.16. The number of nitrogens with one attached hydrogen (secondary N) is 1. The zero-order chi connectivity index (χ0) is 13.5. The molecule has 20 heavy (non-hydrogen) atoms. The first-order valence-electron chi connectivity index (χ1n) is 6.58. The van der Waals surface area contributed by atoms with Crippen LogP contribution >= 0.6 is 23.3 Å². The lowest BCUT2D eigenvalue weighted by Crippen LogP contribution is -2.08. The topological polar surface area (TPSA) is 37.8 Å². The number of aryl methyl sites for hydroxylation is 1. The molecule has 1 atom stereocenters. The molecule has 1 unspecified atom stereocenters. The van der Waals surface area contributed by atoms with Gasteiger partial charge in [0.2, 0.25) is 0 Å². The molecule has 2 aromatic carbocycles. The van der Waals surface area contributed by atoms with Crippen LogP contribution in [-0.4, -0.2) is 8.75 Å². The predicted molar refractivity (Wildman–Crippen MR) is 83.6 cm³/mol. The molecular formula is C15H12ClN3S. The van der Waals surface area contributed by atoms with Crippen LogP contribution in [0.3, 0.4) is 0 Å². The van der Waals surface area contributed by atoms with E-state index in [-0.39, 0.29) is 0 Å². The average molecular weight is 302 g/mol. The number of hydrogen-bond acceptors (Lipinski definition) is 4. The Morgan fingerprint density at radius 3 is 3.00 bits per heavy atom. The molecule has 0 spiro atoms. The first-order chi connectivity index (χ1) is 9.83. The summed E-state index contributed by atoms with van der Waals surface area (Å²) in [5, 5.41) is 4.27. The number of aromatic nitrogens is 2. The highest BCUT2D eigenvalue weighted by Gasteiger charge is 2.23. The van der Waals surface area contributed by atoms with Crippen molar-refractivity contribution >= 4 is 40.0 Å². The van der Waals surface area contributed by atoms with E-state index >= 15 is 0 Å². The van der Waals surface area contributed by atoms with E-state index in [9.17, 15) is 0 Å². The fourth-order valence-electron chi connectivity index (χ4n) is 2.85. The number of halogens is 1. The Kier molecular flexibility index (Phi) is 2.86. The summed E-state index contributed by atoms with van der Waals surface area (Å²) in [6, 6.07) is 12.7. The smallest absolute Gasteiger partial charge is 0.129 e. The quantitative estimate of drug-likeness (QED) is 0.760. The molecule has 100 valence electrons. The number of fused-ring (bicyclic) bond motifs is 2. The Balaban J connectivity index is 1.76. The molecule has 0 saturated heterocycles. The van der Waals surface area contributed by atoms with Gasteiger partial charge < -0.3 is 5.32 Å². The third kappa shape index (κ3) is 1.87. The molecule has 1 heterocycles. The minimum absolute atomic E-state index is 0.302. The van der Waals surface area contributed by atoms with Gasteiger partial charge in [0.05, 0.1) is 28.5 Å². The summed E-state index contributed by atoms with van der Waals surface area (Å²) in [4.78, 5) is 0. The van der Waals surface area contributed by atoms with Gasteiger partial charge in [-0.2, -0.15) is 8.75 Å². The van der Waals surface area contributed by atoms with Gasteiger partial charge in [-0.05, 0) is 36.1 Å². The van der Waals surface area contributed by atoms with E-state index in [0.717, 1.165) is 29.6 Å². The summed E-state index contributed by atoms with van der Waals surface area (Å²) in [5.74, 6) is 0. The minimum Gasteiger partial charge on any atom is -0.375 e. The number of rotatable bonds is 2. The Bertz CT molecular complexity index is 784. The molecule has 1 aromatic heterocycles. The van der Waals surface area contributed by atoms with Gasteiger partial charge in [-0.25, -0.2) is 0 Å². The summed E-state index contributed by atoms with van der Waals surface area (Å²) in [7, 11) is 0. The van der Waals surface area contributed by atoms with Crippen LogP contribution in [-0.2, 0) is 6.42 Å².